The molecule has 0 spiro atoms. The zero-order valence-electron chi connectivity index (χ0n) is 9.71. The van der Waals surface area contributed by atoms with Crippen molar-refractivity contribution in [3.8, 4) is 5.88 Å². The molecule has 90 valence electrons. The second kappa shape index (κ2) is 5.45. The lowest BCUT2D eigenvalue weighted by Crippen LogP contribution is -2.00. The summed E-state index contributed by atoms with van der Waals surface area (Å²) in [5, 5.41) is 13.0. The minimum atomic E-state index is 0.149. The van der Waals surface area contributed by atoms with Gasteiger partial charge in [0.05, 0.1) is 19.9 Å². The maximum absolute atomic E-state index is 8.82. The summed E-state index contributed by atoms with van der Waals surface area (Å²) in [6.45, 7) is 0.818. The van der Waals surface area contributed by atoms with Crippen LogP contribution < -0.4 is 4.74 Å². The van der Waals surface area contributed by atoms with Gasteiger partial charge >= 0.3 is 0 Å². The Balaban J connectivity index is 2.03. The second-order valence-corrected chi connectivity index (χ2v) is 3.73. The number of aliphatic hydroxyl groups excluding tert-OH is 1. The molecule has 0 aliphatic carbocycles. The molecule has 2 aromatic rings. The zero-order chi connectivity index (χ0) is 12.1. The highest BCUT2D eigenvalue weighted by Crippen LogP contribution is 2.08. The molecule has 0 aliphatic rings. The third-order valence-corrected chi connectivity index (χ3v) is 2.44. The van der Waals surface area contributed by atoms with E-state index in [4.69, 9.17) is 9.84 Å². The molecule has 0 fully saturated rings. The summed E-state index contributed by atoms with van der Waals surface area (Å²) in [4.78, 5) is 4.13. The van der Waals surface area contributed by atoms with Crippen molar-refractivity contribution in [2.75, 3.05) is 13.7 Å². The van der Waals surface area contributed by atoms with Crippen LogP contribution in [0, 0.1) is 0 Å². The first-order valence-corrected chi connectivity index (χ1v) is 5.43. The number of pyridine rings is 1. The van der Waals surface area contributed by atoms with Crippen molar-refractivity contribution in [2.24, 2.45) is 0 Å². The summed E-state index contributed by atoms with van der Waals surface area (Å²) in [7, 11) is 1.59. The second-order valence-electron chi connectivity index (χ2n) is 3.73. The van der Waals surface area contributed by atoms with Crippen molar-refractivity contribution in [1.82, 2.24) is 14.8 Å². The van der Waals surface area contributed by atoms with Gasteiger partial charge in [0.25, 0.3) is 0 Å². The molecule has 0 atom stereocenters. The van der Waals surface area contributed by atoms with Crippen LogP contribution in [0.3, 0.4) is 0 Å². The number of nitrogens with zero attached hydrogens (tertiary/aromatic N) is 3. The van der Waals surface area contributed by atoms with Crippen LogP contribution in [0.15, 0.2) is 30.7 Å². The lowest BCUT2D eigenvalue weighted by atomic mass is 10.2. The molecule has 0 amide bonds. The van der Waals surface area contributed by atoms with E-state index < -0.39 is 0 Å². The maximum Gasteiger partial charge on any atom is 0.212 e. The molecule has 0 bridgehead atoms. The predicted molar refractivity (Wildman–Crippen MR) is 62.9 cm³/mol. The Morgan fingerprint density at radius 3 is 2.82 bits per heavy atom. The van der Waals surface area contributed by atoms with Crippen LogP contribution in [0.4, 0.5) is 0 Å². The van der Waals surface area contributed by atoms with Crippen molar-refractivity contribution in [2.45, 2.75) is 13.0 Å². The summed E-state index contributed by atoms with van der Waals surface area (Å²) >= 11 is 0. The molecular weight excluding hydrogens is 218 g/mol. The number of aromatic nitrogens is 3. The number of aliphatic hydroxyl groups is 1. The Labute approximate surface area is 99.7 Å². The number of methoxy groups -OCH3 is 1. The first-order chi connectivity index (χ1) is 8.31. The third kappa shape index (κ3) is 3.04. The molecule has 1 N–H and O–H groups in total. The molecular formula is C12H15N3O2. The molecule has 0 aliphatic heterocycles. The van der Waals surface area contributed by atoms with Gasteiger partial charge in [-0.05, 0) is 17.5 Å². The molecule has 0 aromatic carbocycles. The van der Waals surface area contributed by atoms with Crippen LogP contribution >= 0.6 is 0 Å². The van der Waals surface area contributed by atoms with E-state index in [2.05, 4.69) is 10.1 Å². The van der Waals surface area contributed by atoms with Crippen molar-refractivity contribution >= 4 is 0 Å². The van der Waals surface area contributed by atoms with Crippen LogP contribution in [0.1, 0.15) is 11.1 Å². The van der Waals surface area contributed by atoms with Gasteiger partial charge in [-0.3, -0.25) is 4.68 Å². The van der Waals surface area contributed by atoms with Gasteiger partial charge in [0.15, 0.2) is 0 Å². The van der Waals surface area contributed by atoms with Gasteiger partial charge in [-0.25, -0.2) is 4.98 Å². The van der Waals surface area contributed by atoms with Crippen LogP contribution in [0.2, 0.25) is 0 Å². The Bertz CT molecular complexity index is 465. The van der Waals surface area contributed by atoms with Crippen molar-refractivity contribution in [3.63, 3.8) is 0 Å². The SMILES string of the molecule is COc1ccc(Cn2cc(CCO)cn2)cn1. The zero-order valence-corrected chi connectivity index (χ0v) is 9.71. The van der Waals surface area contributed by atoms with Gasteiger partial charge in [0.1, 0.15) is 0 Å². The van der Waals surface area contributed by atoms with Crippen LogP contribution in [0.25, 0.3) is 0 Å². The Morgan fingerprint density at radius 1 is 1.29 bits per heavy atom. The first-order valence-electron chi connectivity index (χ1n) is 5.43. The lowest BCUT2D eigenvalue weighted by Gasteiger charge is -2.02. The number of ether oxygens (including phenoxy) is 1. The molecule has 0 unspecified atom stereocenters. The number of hydrogen-bond donors (Lipinski definition) is 1. The maximum atomic E-state index is 8.82. The molecule has 2 heterocycles. The summed E-state index contributed by atoms with van der Waals surface area (Å²) in [5.41, 5.74) is 2.10. The van der Waals surface area contributed by atoms with Gasteiger partial charge < -0.3 is 9.84 Å². The molecule has 0 radical (unpaired) electrons. The van der Waals surface area contributed by atoms with E-state index in [1.54, 1.807) is 19.5 Å². The normalized spacial score (nSPS) is 10.5. The fourth-order valence-corrected chi connectivity index (χ4v) is 1.56. The fraction of sp³-hybridized carbons (Fsp3) is 0.333. The molecule has 17 heavy (non-hydrogen) atoms. The number of rotatable bonds is 5. The largest absolute Gasteiger partial charge is 0.481 e. The van der Waals surface area contributed by atoms with E-state index in [-0.39, 0.29) is 6.61 Å². The van der Waals surface area contributed by atoms with E-state index in [1.807, 2.05) is 23.0 Å². The lowest BCUT2D eigenvalue weighted by molar-refractivity contribution is 0.299. The highest BCUT2D eigenvalue weighted by molar-refractivity contribution is 5.18. The molecule has 5 nitrogen and oxygen atoms in total. The molecule has 0 saturated heterocycles. The summed E-state index contributed by atoms with van der Waals surface area (Å²) in [6, 6.07) is 3.78. The Hall–Kier alpha value is -1.88. The topological polar surface area (TPSA) is 60.2 Å². The van der Waals surface area contributed by atoms with Gasteiger partial charge in [-0.15, -0.1) is 0 Å². The summed E-state index contributed by atoms with van der Waals surface area (Å²) in [6.07, 6.45) is 6.11. The van der Waals surface area contributed by atoms with E-state index in [1.165, 1.54) is 0 Å². The molecule has 0 saturated carbocycles. The van der Waals surface area contributed by atoms with Crippen LogP contribution in [-0.2, 0) is 13.0 Å². The van der Waals surface area contributed by atoms with Crippen molar-refractivity contribution in [1.29, 1.82) is 0 Å². The predicted octanol–water partition coefficient (Wildman–Crippen LogP) is 0.870. The van der Waals surface area contributed by atoms with Crippen molar-refractivity contribution < 1.29 is 9.84 Å². The van der Waals surface area contributed by atoms with Gasteiger partial charge in [0, 0.05) is 25.1 Å². The van der Waals surface area contributed by atoms with E-state index in [0.29, 0.717) is 18.8 Å². The fourth-order valence-electron chi connectivity index (χ4n) is 1.56. The van der Waals surface area contributed by atoms with E-state index in [0.717, 1.165) is 11.1 Å². The Morgan fingerprint density at radius 2 is 2.18 bits per heavy atom. The molecule has 2 rings (SSSR count). The Kier molecular flexibility index (Phi) is 3.72. The third-order valence-electron chi connectivity index (χ3n) is 2.44. The van der Waals surface area contributed by atoms with Gasteiger partial charge in [-0.2, -0.15) is 5.10 Å². The quantitative estimate of drug-likeness (QED) is 0.832. The van der Waals surface area contributed by atoms with Crippen LogP contribution in [-0.4, -0.2) is 33.6 Å². The standard InChI is InChI=1S/C12H15N3O2/c1-17-12-3-2-10(6-13-12)8-15-9-11(4-5-16)7-14-15/h2-3,6-7,9,16H,4-5,8H2,1H3. The average Bonchev–Trinajstić information content (AvgIpc) is 2.78. The molecule has 2 aromatic heterocycles. The van der Waals surface area contributed by atoms with E-state index in [9.17, 15) is 0 Å². The van der Waals surface area contributed by atoms with Crippen molar-refractivity contribution in [3.05, 3.63) is 41.9 Å². The summed E-state index contributed by atoms with van der Waals surface area (Å²) in [5.74, 6) is 0.607. The highest BCUT2D eigenvalue weighted by atomic mass is 16.5. The minimum Gasteiger partial charge on any atom is -0.481 e. The van der Waals surface area contributed by atoms with Gasteiger partial charge in [0.2, 0.25) is 5.88 Å². The smallest absolute Gasteiger partial charge is 0.212 e. The average molecular weight is 233 g/mol. The van der Waals surface area contributed by atoms with Gasteiger partial charge in [-0.1, -0.05) is 6.07 Å². The highest BCUT2D eigenvalue weighted by Gasteiger charge is 2.00. The monoisotopic (exact) mass is 233 g/mol. The van der Waals surface area contributed by atoms with E-state index >= 15 is 0 Å². The number of hydrogen-bond acceptors (Lipinski definition) is 4. The first kappa shape index (κ1) is 11.6. The molecule has 5 heteroatoms. The summed E-state index contributed by atoms with van der Waals surface area (Å²) < 4.78 is 6.82. The van der Waals surface area contributed by atoms with Crippen LogP contribution in [0.5, 0.6) is 5.88 Å². The minimum absolute atomic E-state index is 0.149.